The third kappa shape index (κ3) is 12.4. The van der Waals surface area contributed by atoms with Gasteiger partial charge in [-0.05, 0) is 71.8 Å². The average Bonchev–Trinajstić information content (AvgIpc) is 3.12. The first kappa shape index (κ1) is 35.8. The summed E-state index contributed by atoms with van der Waals surface area (Å²) in [4.78, 5) is 25.8. The van der Waals surface area contributed by atoms with Crippen LogP contribution in [-0.2, 0) is 33.8 Å². The largest absolute Gasteiger partial charge is 0.489 e. The fourth-order valence-corrected chi connectivity index (χ4v) is 4.87. The summed E-state index contributed by atoms with van der Waals surface area (Å²) in [7, 11) is 2.81. The fraction of sp³-hybridized carbons (Fsp3) is 0.300. The van der Waals surface area contributed by atoms with Gasteiger partial charge in [-0.25, -0.2) is 4.79 Å². The number of benzene rings is 4. The van der Waals surface area contributed by atoms with Crippen LogP contribution in [0.2, 0.25) is 0 Å². The van der Waals surface area contributed by atoms with Crippen LogP contribution < -0.4 is 4.74 Å². The van der Waals surface area contributed by atoms with E-state index < -0.39 is 0 Å². The van der Waals surface area contributed by atoms with Gasteiger partial charge < -0.3 is 14.2 Å². The Hall–Kier alpha value is -4.68. The lowest BCUT2D eigenvalue weighted by Gasteiger charge is -2.23. The summed E-state index contributed by atoms with van der Waals surface area (Å²) in [5, 5.41) is 0. The van der Waals surface area contributed by atoms with Gasteiger partial charge in [0, 0.05) is 19.5 Å². The lowest BCUT2D eigenvalue weighted by Crippen LogP contribution is -2.27. The van der Waals surface area contributed by atoms with Crippen molar-refractivity contribution in [3.63, 3.8) is 0 Å². The average molecular weight is 622 g/mol. The minimum absolute atomic E-state index is 0.181. The topological polar surface area (TPSA) is 65.1 Å². The smallest absolute Gasteiger partial charge is 0.337 e. The van der Waals surface area contributed by atoms with Gasteiger partial charge in [-0.1, -0.05) is 111 Å². The van der Waals surface area contributed by atoms with Crippen LogP contribution in [0.4, 0.5) is 0 Å². The molecule has 0 aliphatic carbocycles. The van der Waals surface area contributed by atoms with Crippen molar-refractivity contribution in [2.24, 2.45) is 0 Å². The van der Waals surface area contributed by atoms with Gasteiger partial charge in [-0.2, -0.15) is 0 Å². The second kappa shape index (κ2) is 20.4. The van der Waals surface area contributed by atoms with Crippen LogP contribution in [0.5, 0.6) is 5.75 Å². The van der Waals surface area contributed by atoms with Gasteiger partial charge in [0.25, 0.3) is 0 Å². The first-order chi connectivity index (χ1) is 22.5. The zero-order chi connectivity index (χ0) is 33.0. The monoisotopic (exact) mass is 621 g/mol. The van der Waals surface area contributed by atoms with E-state index in [0.717, 1.165) is 66.9 Å². The Bertz CT molecular complexity index is 1480. The van der Waals surface area contributed by atoms with E-state index in [1.807, 2.05) is 62.4 Å². The van der Waals surface area contributed by atoms with E-state index in [4.69, 9.17) is 14.2 Å². The van der Waals surface area contributed by atoms with Crippen molar-refractivity contribution in [1.29, 1.82) is 0 Å². The van der Waals surface area contributed by atoms with Crippen molar-refractivity contribution in [2.45, 2.75) is 52.7 Å². The van der Waals surface area contributed by atoms with E-state index in [1.165, 1.54) is 19.8 Å². The van der Waals surface area contributed by atoms with Crippen LogP contribution in [-0.4, -0.2) is 44.1 Å². The third-order valence-corrected chi connectivity index (χ3v) is 7.43. The summed E-state index contributed by atoms with van der Waals surface area (Å²) >= 11 is 0. The van der Waals surface area contributed by atoms with E-state index >= 15 is 0 Å². The van der Waals surface area contributed by atoms with Crippen LogP contribution in [0.15, 0.2) is 103 Å². The number of hydrogen-bond donors (Lipinski definition) is 0. The van der Waals surface area contributed by atoms with Crippen LogP contribution in [0.3, 0.4) is 0 Å². The molecule has 6 heteroatoms. The van der Waals surface area contributed by atoms with E-state index in [1.54, 1.807) is 12.1 Å². The molecule has 0 fully saturated rings. The Morgan fingerprint density at radius 1 is 0.674 bits per heavy atom. The highest BCUT2D eigenvalue weighted by atomic mass is 16.5. The van der Waals surface area contributed by atoms with Gasteiger partial charge in [0.15, 0.2) is 0 Å². The Morgan fingerprint density at radius 3 is 1.98 bits per heavy atom. The molecule has 4 aromatic carbocycles. The molecule has 0 saturated carbocycles. The Labute approximate surface area is 274 Å². The molecular weight excluding hydrogens is 574 g/mol. The number of carbonyl (C=O) groups is 2. The van der Waals surface area contributed by atoms with Crippen molar-refractivity contribution in [1.82, 2.24) is 4.90 Å². The molecule has 46 heavy (non-hydrogen) atoms. The number of unbranched alkanes of at least 4 members (excludes halogenated alkanes) is 1. The zero-order valence-corrected chi connectivity index (χ0v) is 27.6. The molecule has 0 aliphatic heterocycles. The molecule has 0 spiro atoms. The standard InChI is InChI=1S/C38H41NO5.C2H6/c1-42-37(40)14-8-9-26-39(28-32-21-23-35(24-22-32)38(41)43-2)27-25-34-12-6-7-13-36(34)44-29-33-19-17-31(18-20-33)16-15-30-10-4-3-5-11-30;1-2/h3-7,10-13,15-24H,8-9,14,25-29H2,1-2H3;1-2H3/b16-15+;. The number of carbonyl (C=O) groups excluding carboxylic acids is 2. The first-order valence-electron chi connectivity index (χ1n) is 16.0. The molecule has 0 N–H and O–H groups in total. The summed E-state index contributed by atoms with van der Waals surface area (Å²) in [5.41, 5.74) is 6.22. The summed E-state index contributed by atoms with van der Waals surface area (Å²) < 4.78 is 15.9. The van der Waals surface area contributed by atoms with E-state index in [9.17, 15) is 9.59 Å². The summed E-state index contributed by atoms with van der Waals surface area (Å²) in [6, 6.07) is 34.4. The van der Waals surface area contributed by atoms with E-state index in [-0.39, 0.29) is 11.9 Å². The molecule has 0 aliphatic rings. The van der Waals surface area contributed by atoms with Gasteiger partial charge >= 0.3 is 11.9 Å². The number of methoxy groups -OCH3 is 2. The second-order valence-electron chi connectivity index (χ2n) is 10.6. The highest BCUT2D eigenvalue weighted by Gasteiger charge is 2.12. The maximum Gasteiger partial charge on any atom is 0.337 e. The predicted octanol–water partition coefficient (Wildman–Crippen LogP) is 8.64. The van der Waals surface area contributed by atoms with Crippen molar-refractivity contribution in [2.75, 3.05) is 27.3 Å². The Morgan fingerprint density at radius 2 is 1.30 bits per heavy atom. The zero-order valence-electron chi connectivity index (χ0n) is 27.6. The van der Waals surface area contributed by atoms with Crippen molar-refractivity contribution in [3.05, 3.63) is 137 Å². The maximum atomic E-state index is 11.8. The maximum absolute atomic E-state index is 11.8. The van der Waals surface area contributed by atoms with E-state index in [0.29, 0.717) is 18.6 Å². The lowest BCUT2D eigenvalue weighted by atomic mass is 10.1. The molecule has 4 rings (SSSR count). The molecular formula is C40H47NO5. The van der Waals surface area contributed by atoms with Crippen molar-refractivity contribution < 1.29 is 23.8 Å². The Balaban J connectivity index is 0.00000282. The number of para-hydroxylation sites is 1. The molecule has 0 unspecified atom stereocenters. The first-order valence-corrected chi connectivity index (χ1v) is 16.0. The molecule has 0 aromatic heterocycles. The fourth-order valence-electron chi connectivity index (χ4n) is 4.87. The number of rotatable bonds is 16. The summed E-state index contributed by atoms with van der Waals surface area (Å²) in [6.45, 7) is 6.88. The van der Waals surface area contributed by atoms with Crippen molar-refractivity contribution >= 4 is 24.1 Å². The highest BCUT2D eigenvalue weighted by Crippen LogP contribution is 2.22. The molecule has 0 bridgehead atoms. The van der Waals surface area contributed by atoms with Crippen LogP contribution >= 0.6 is 0 Å². The quantitative estimate of drug-likeness (QED) is 0.0709. The van der Waals surface area contributed by atoms with Gasteiger partial charge in [0.1, 0.15) is 12.4 Å². The van der Waals surface area contributed by atoms with Crippen molar-refractivity contribution in [3.8, 4) is 5.75 Å². The van der Waals surface area contributed by atoms with Gasteiger partial charge in [0.05, 0.1) is 19.8 Å². The number of nitrogens with zero attached hydrogens (tertiary/aromatic N) is 1. The number of ether oxygens (including phenoxy) is 3. The molecule has 6 nitrogen and oxygen atoms in total. The number of hydrogen-bond acceptors (Lipinski definition) is 6. The molecule has 0 radical (unpaired) electrons. The summed E-state index contributed by atoms with van der Waals surface area (Å²) in [5.74, 6) is 0.358. The third-order valence-electron chi connectivity index (χ3n) is 7.43. The van der Waals surface area contributed by atoms with Crippen LogP contribution in [0.1, 0.15) is 71.3 Å². The second-order valence-corrected chi connectivity index (χ2v) is 10.6. The molecule has 4 aromatic rings. The minimum Gasteiger partial charge on any atom is -0.489 e. The molecule has 0 saturated heterocycles. The highest BCUT2D eigenvalue weighted by molar-refractivity contribution is 5.89. The molecule has 0 atom stereocenters. The molecule has 242 valence electrons. The summed E-state index contributed by atoms with van der Waals surface area (Å²) in [6.07, 6.45) is 7.11. The van der Waals surface area contributed by atoms with Crippen LogP contribution in [0, 0.1) is 0 Å². The SMILES string of the molecule is CC.COC(=O)CCCCN(CCc1ccccc1OCc1ccc(/C=C/c2ccccc2)cc1)Cc1ccc(C(=O)OC)cc1. The van der Waals surface area contributed by atoms with Gasteiger partial charge in [0.2, 0.25) is 0 Å². The van der Waals surface area contributed by atoms with Gasteiger partial charge in [-0.3, -0.25) is 9.69 Å². The molecule has 0 amide bonds. The lowest BCUT2D eigenvalue weighted by molar-refractivity contribution is -0.140. The molecule has 0 heterocycles. The van der Waals surface area contributed by atoms with Crippen LogP contribution in [0.25, 0.3) is 12.2 Å². The van der Waals surface area contributed by atoms with E-state index in [2.05, 4.69) is 59.5 Å². The Kier molecular flexibility index (Phi) is 15.9. The predicted molar refractivity (Wildman–Crippen MR) is 187 cm³/mol. The normalized spacial score (nSPS) is 10.7. The number of esters is 2. The van der Waals surface area contributed by atoms with Gasteiger partial charge in [-0.15, -0.1) is 0 Å². The minimum atomic E-state index is -0.344.